The van der Waals surface area contributed by atoms with Gasteiger partial charge in [0, 0.05) is 17.7 Å². The van der Waals surface area contributed by atoms with Crippen LogP contribution in [-0.2, 0) is 16.8 Å². The van der Waals surface area contributed by atoms with Crippen LogP contribution < -0.4 is 19.1 Å². The number of amidine groups is 1. The number of ether oxygens (including phenoxy) is 3. The second kappa shape index (κ2) is 10.5. The van der Waals surface area contributed by atoms with Gasteiger partial charge in [-0.1, -0.05) is 27.7 Å². The second-order valence-electron chi connectivity index (χ2n) is 10.5. The van der Waals surface area contributed by atoms with Crippen molar-refractivity contribution in [3.63, 3.8) is 0 Å². The fraction of sp³-hybridized carbons (Fsp3) is 0.464. The Morgan fingerprint density at radius 3 is 2.55 bits per heavy atom. The highest BCUT2D eigenvalue weighted by Gasteiger charge is 2.34. The van der Waals surface area contributed by atoms with Crippen LogP contribution >= 0.6 is 0 Å². The average Bonchev–Trinajstić information content (AvgIpc) is 3.16. The Hall–Kier alpha value is -3.82. The lowest BCUT2D eigenvalue weighted by Gasteiger charge is -2.34. The molecule has 2 N–H and O–H groups in total. The van der Waals surface area contributed by atoms with Crippen LogP contribution in [0.4, 0.5) is 10.1 Å². The van der Waals surface area contributed by atoms with Gasteiger partial charge in [-0.3, -0.25) is 15.0 Å². The molecule has 2 heterocycles. The maximum Gasteiger partial charge on any atom is 0.323 e. The summed E-state index contributed by atoms with van der Waals surface area (Å²) in [4.78, 5) is 28.2. The summed E-state index contributed by atoms with van der Waals surface area (Å²) >= 11 is 0. The number of nitrogens with one attached hydrogen (secondary N) is 1. The van der Waals surface area contributed by atoms with Crippen molar-refractivity contribution in [1.82, 2.24) is 4.90 Å². The van der Waals surface area contributed by atoms with Crippen LogP contribution in [-0.4, -0.2) is 67.6 Å². The van der Waals surface area contributed by atoms with Crippen molar-refractivity contribution in [1.29, 1.82) is 5.41 Å². The number of ketones is 1. The summed E-state index contributed by atoms with van der Waals surface area (Å²) in [5.74, 6) is -1.23. The molecule has 0 aromatic heterocycles. The highest BCUT2D eigenvalue weighted by molar-refractivity contribution is 6.06. The SMILES string of the molecule is CCCOc1cc2c(c(F)c1OC)C(=N)N(CC(=O)c1cc3c(c(C(C)(C)C)c1)OCCN3CC(=O)O)C2. The number of hydrogen-bond acceptors (Lipinski definition) is 7. The number of methoxy groups -OCH3 is 1. The molecule has 0 radical (unpaired) electrons. The van der Waals surface area contributed by atoms with Crippen LogP contribution in [0, 0.1) is 11.2 Å². The lowest BCUT2D eigenvalue weighted by atomic mass is 9.84. The number of benzene rings is 2. The van der Waals surface area contributed by atoms with E-state index in [0.717, 1.165) is 12.0 Å². The smallest absolute Gasteiger partial charge is 0.323 e. The molecule has 2 aliphatic heterocycles. The van der Waals surface area contributed by atoms with Gasteiger partial charge >= 0.3 is 5.97 Å². The predicted octanol–water partition coefficient (Wildman–Crippen LogP) is 4.23. The minimum absolute atomic E-state index is 0.0573. The van der Waals surface area contributed by atoms with Gasteiger partial charge in [-0.15, -0.1) is 0 Å². The third-order valence-electron chi connectivity index (χ3n) is 6.66. The quantitative estimate of drug-likeness (QED) is 0.466. The van der Waals surface area contributed by atoms with Crippen molar-refractivity contribution in [2.24, 2.45) is 0 Å². The van der Waals surface area contributed by atoms with E-state index in [-0.39, 0.29) is 53.7 Å². The topological polar surface area (TPSA) is 112 Å². The van der Waals surface area contributed by atoms with E-state index in [1.807, 2.05) is 27.7 Å². The summed E-state index contributed by atoms with van der Waals surface area (Å²) < 4.78 is 32.2. The van der Waals surface area contributed by atoms with Gasteiger partial charge in [-0.05, 0) is 35.6 Å². The van der Waals surface area contributed by atoms with E-state index in [0.29, 0.717) is 42.3 Å². The zero-order valence-electron chi connectivity index (χ0n) is 22.4. The number of Topliss-reactive ketones (excluding diaryl/α,β-unsaturated/α-hetero) is 1. The Balaban J connectivity index is 1.66. The van der Waals surface area contributed by atoms with Crippen molar-refractivity contribution < 1.29 is 33.3 Å². The van der Waals surface area contributed by atoms with Gasteiger partial charge in [0.1, 0.15) is 24.7 Å². The number of fused-ring (bicyclic) bond motifs is 2. The zero-order chi connectivity index (χ0) is 27.8. The molecule has 2 aromatic carbocycles. The number of nitrogens with zero attached hydrogens (tertiary/aromatic N) is 2. The molecule has 0 spiro atoms. The number of anilines is 1. The Morgan fingerprint density at radius 2 is 1.92 bits per heavy atom. The minimum atomic E-state index is -0.977. The van der Waals surface area contributed by atoms with Crippen molar-refractivity contribution in [3.05, 3.63) is 46.3 Å². The van der Waals surface area contributed by atoms with Crippen LogP contribution in [0.25, 0.3) is 0 Å². The van der Waals surface area contributed by atoms with Crippen LogP contribution in [0.5, 0.6) is 17.2 Å². The van der Waals surface area contributed by atoms with E-state index in [1.54, 1.807) is 23.1 Å². The van der Waals surface area contributed by atoms with E-state index in [4.69, 9.17) is 19.6 Å². The molecule has 9 nitrogen and oxygen atoms in total. The summed E-state index contributed by atoms with van der Waals surface area (Å²) in [5.41, 5.74) is 2.00. The van der Waals surface area contributed by atoms with Crippen LogP contribution in [0.1, 0.15) is 61.2 Å². The lowest BCUT2D eigenvalue weighted by molar-refractivity contribution is -0.135. The van der Waals surface area contributed by atoms with Gasteiger partial charge in [0.2, 0.25) is 0 Å². The van der Waals surface area contributed by atoms with Gasteiger partial charge in [-0.2, -0.15) is 0 Å². The van der Waals surface area contributed by atoms with Crippen molar-refractivity contribution in [2.45, 2.75) is 46.1 Å². The van der Waals surface area contributed by atoms with Crippen LogP contribution in [0.2, 0.25) is 0 Å². The first-order valence-corrected chi connectivity index (χ1v) is 12.6. The summed E-state index contributed by atoms with van der Waals surface area (Å²) in [6, 6.07) is 5.10. The molecule has 0 atom stereocenters. The van der Waals surface area contributed by atoms with E-state index in [9.17, 15) is 14.7 Å². The molecule has 0 saturated carbocycles. The van der Waals surface area contributed by atoms with Crippen molar-refractivity contribution in [3.8, 4) is 17.2 Å². The Bertz CT molecular complexity index is 1290. The van der Waals surface area contributed by atoms with Gasteiger partial charge in [-0.25, -0.2) is 4.39 Å². The Kier molecular flexibility index (Phi) is 7.53. The highest BCUT2D eigenvalue weighted by Crippen LogP contribution is 2.43. The number of carboxylic acid groups (broad SMARTS) is 1. The molecule has 0 bridgehead atoms. The first-order valence-electron chi connectivity index (χ1n) is 12.6. The summed E-state index contributed by atoms with van der Waals surface area (Å²) in [7, 11) is 1.35. The minimum Gasteiger partial charge on any atom is -0.490 e. The van der Waals surface area contributed by atoms with E-state index >= 15 is 4.39 Å². The third-order valence-corrected chi connectivity index (χ3v) is 6.66. The lowest BCUT2D eigenvalue weighted by Crippen LogP contribution is -2.38. The summed E-state index contributed by atoms with van der Waals surface area (Å²) in [6.45, 7) is 8.87. The maximum atomic E-state index is 15.3. The Labute approximate surface area is 221 Å². The fourth-order valence-electron chi connectivity index (χ4n) is 4.82. The first-order chi connectivity index (χ1) is 18.0. The third kappa shape index (κ3) is 5.12. The normalized spacial score (nSPS) is 14.6. The fourth-order valence-corrected chi connectivity index (χ4v) is 4.82. The predicted molar refractivity (Wildman–Crippen MR) is 141 cm³/mol. The number of hydrogen-bond donors (Lipinski definition) is 2. The van der Waals surface area contributed by atoms with Gasteiger partial charge in [0.25, 0.3) is 0 Å². The number of aliphatic carboxylic acids is 1. The van der Waals surface area contributed by atoms with Crippen LogP contribution in [0.3, 0.4) is 0 Å². The molecule has 204 valence electrons. The number of carbonyl (C=O) groups is 2. The van der Waals surface area contributed by atoms with Gasteiger partial charge in [0.15, 0.2) is 23.1 Å². The molecule has 2 aromatic rings. The second-order valence-corrected chi connectivity index (χ2v) is 10.5. The summed E-state index contributed by atoms with van der Waals surface area (Å²) in [5, 5.41) is 18.0. The largest absolute Gasteiger partial charge is 0.490 e. The molecule has 0 unspecified atom stereocenters. The molecule has 4 rings (SSSR count). The molecular weight excluding hydrogens is 493 g/mol. The van der Waals surface area contributed by atoms with Gasteiger partial charge < -0.3 is 29.1 Å². The molecule has 0 aliphatic carbocycles. The molecule has 0 amide bonds. The highest BCUT2D eigenvalue weighted by atomic mass is 19.1. The average molecular weight is 528 g/mol. The van der Waals surface area contributed by atoms with Crippen molar-refractivity contribution >= 4 is 23.3 Å². The summed E-state index contributed by atoms with van der Waals surface area (Å²) in [6.07, 6.45) is 0.741. The monoisotopic (exact) mass is 527 g/mol. The molecular formula is C28H34FN3O6. The van der Waals surface area contributed by atoms with E-state index in [2.05, 4.69) is 0 Å². The van der Waals surface area contributed by atoms with E-state index < -0.39 is 11.8 Å². The van der Waals surface area contributed by atoms with Crippen molar-refractivity contribution in [2.75, 3.05) is 44.9 Å². The molecule has 38 heavy (non-hydrogen) atoms. The first kappa shape index (κ1) is 27.2. The van der Waals surface area contributed by atoms with E-state index in [1.165, 1.54) is 12.0 Å². The molecule has 0 fully saturated rings. The van der Waals surface area contributed by atoms with Gasteiger partial charge in [0.05, 0.1) is 38.1 Å². The molecule has 0 saturated heterocycles. The number of carboxylic acids is 1. The standard InChI is InChI=1S/C28H34FN3O6/c1-6-8-37-21-12-17-13-32(27(30)23(17)24(29)26(21)36-5)14-20(33)16-10-18(28(2,3)4)25-19(11-16)31(7-9-38-25)15-22(34)35/h10-12,30H,6-9,13-15H2,1-5H3,(H,34,35). The van der Waals surface area contributed by atoms with Crippen LogP contribution in [0.15, 0.2) is 18.2 Å². The Morgan fingerprint density at radius 1 is 1.18 bits per heavy atom. The number of carbonyl (C=O) groups excluding carboxylic acids is 1. The molecule has 2 aliphatic rings. The number of rotatable bonds is 9. The zero-order valence-corrected chi connectivity index (χ0v) is 22.4. The molecule has 10 heteroatoms. The number of halogens is 1. The maximum absolute atomic E-state index is 15.3.